The van der Waals surface area contributed by atoms with E-state index in [1.165, 1.54) is 12.3 Å². The van der Waals surface area contributed by atoms with Gasteiger partial charge in [0.1, 0.15) is 11.9 Å². The van der Waals surface area contributed by atoms with Gasteiger partial charge in [-0.3, -0.25) is 19.4 Å². The number of hydrogen-bond donors (Lipinski definition) is 2. The molecule has 3 aromatic rings. The molecule has 2 aliphatic heterocycles. The van der Waals surface area contributed by atoms with E-state index < -0.39 is 34.9 Å². The highest BCUT2D eigenvalue weighted by Gasteiger charge is 2.52. The molecule has 10 heteroatoms. The second-order valence-electron chi connectivity index (χ2n) is 12.2. The number of piperidine rings is 1. The number of likely N-dealkylation sites (tertiary alicyclic amines) is 1. The van der Waals surface area contributed by atoms with E-state index in [2.05, 4.69) is 20.6 Å². The van der Waals surface area contributed by atoms with Gasteiger partial charge in [0.05, 0.1) is 11.0 Å². The smallest absolute Gasteiger partial charge is 0.253 e. The van der Waals surface area contributed by atoms with Gasteiger partial charge in [0, 0.05) is 48.6 Å². The SMILES string of the molecule is C[C@@H]1[C@H](c2cccc(F)c2F)C[C@H](NC(=O)c2cnc3c(c2)C[C@@]2(C3)C(=O)Nc3ncccc32)C(=O)N1CC1CCC1. The van der Waals surface area contributed by atoms with Crippen LogP contribution in [0.25, 0.3) is 0 Å². The number of rotatable bonds is 5. The Morgan fingerprint density at radius 3 is 2.76 bits per heavy atom. The number of carbonyl (C=O) groups excluding carboxylic acids is 3. The van der Waals surface area contributed by atoms with E-state index in [1.807, 2.05) is 13.0 Å². The zero-order valence-corrected chi connectivity index (χ0v) is 23.2. The van der Waals surface area contributed by atoms with Crippen molar-refractivity contribution < 1.29 is 23.2 Å². The van der Waals surface area contributed by atoms with Crippen molar-refractivity contribution in [3.63, 3.8) is 0 Å². The second-order valence-corrected chi connectivity index (χ2v) is 12.2. The summed E-state index contributed by atoms with van der Waals surface area (Å²) < 4.78 is 29.1. The van der Waals surface area contributed by atoms with Crippen LogP contribution >= 0.6 is 0 Å². The summed E-state index contributed by atoms with van der Waals surface area (Å²) in [7, 11) is 0. The minimum absolute atomic E-state index is 0.135. The summed E-state index contributed by atoms with van der Waals surface area (Å²) in [6.45, 7) is 2.40. The van der Waals surface area contributed by atoms with Gasteiger partial charge in [-0.15, -0.1) is 0 Å². The molecule has 4 atom stereocenters. The van der Waals surface area contributed by atoms with Crippen LogP contribution in [0.2, 0.25) is 0 Å². The Bertz CT molecular complexity index is 1630. The number of amides is 3. The average molecular weight is 572 g/mol. The van der Waals surface area contributed by atoms with Gasteiger partial charge < -0.3 is 15.5 Å². The third-order valence-corrected chi connectivity index (χ3v) is 9.78. The van der Waals surface area contributed by atoms with Crippen LogP contribution in [0.1, 0.15) is 71.3 Å². The molecule has 2 N–H and O–H groups in total. The molecule has 1 saturated heterocycles. The van der Waals surface area contributed by atoms with Crippen LogP contribution in [0.3, 0.4) is 0 Å². The van der Waals surface area contributed by atoms with Crippen molar-refractivity contribution in [3.8, 4) is 0 Å². The van der Waals surface area contributed by atoms with E-state index in [4.69, 9.17) is 0 Å². The normalized spacial score (nSPS) is 26.5. The van der Waals surface area contributed by atoms with Crippen molar-refractivity contribution in [2.45, 2.75) is 68.9 Å². The summed E-state index contributed by atoms with van der Waals surface area (Å²) in [6.07, 6.45) is 7.20. The number of nitrogens with zero attached hydrogens (tertiary/aromatic N) is 3. The van der Waals surface area contributed by atoms with E-state index in [0.717, 1.165) is 42.1 Å². The highest BCUT2D eigenvalue weighted by atomic mass is 19.2. The molecule has 2 aromatic heterocycles. The Labute approximate surface area is 241 Å². The number of hydrogen-bond acceptors (Lipinski definition) is 5. The molecule has 216 valence electrons. The number of pyridine rings is 2. The van der Waals surface area contributed by atoms with Gasteiger partial charge in [-0.05, 0) is 67.9 Å². The fourth-order valence-corrected chi connectivity index (χ4v) is 7.18. The lowest BCUT2D eigenvalue weighted by Crippen LogP contribution is -2.59. The zero-order chi connectivity index (χ0) is 29.2. The largest absolute Gasteiger partial charge is 0.340 e. The highest BCUT2D eigenvalue weighted by molar-refractivity contribution is 6.06. The predicted molar refractivity (Wildman–Crippen MR) is 150 cm³/mol. The average Bonchev–Trinajstić information content (AvgIpc) is 3.47. The fourth-order valence-electron chi connectivity index (χ4n) is 7.18. The summed E-state index contributed by atoms with van der Waals surface area (Å²) >= 11 is 0. The second kappa shape index (κ2) is 9.96. The Morgan fingerprint density at radius 1 is 1.14 bits per heavy atom. The third kappa shape index (κ3) is 4.18. The van der Waals surface area contributed by atoms with Gasteiger partial charge in [0.2, 0.25) is 11.8 Å². The number of carbonyl (C=O) groups is 3. The maximum absolute atomic E-state index is 14.9. The molecule has 0 bridgehead atoms. The third-order valence-electron chi connectivity index (χ3n) is 9.78. The monoisotopic (exact) mass is 571 g/mol. The number of benzene rings is 1. The molecule has 42 heavy (non-hydrogen) atoms. The van der Waals surface area contributed by atoms with E-state index in [1.54, 1.807) is 29.3 Å². The lowest BCUT2D eigenvalue weighted by Gasteiger charge is -2.45. The number of halogens is 2. The molecular formula is C32H31F2N5O3. The molecule has 8 nitrogen and oxygen atoms in total. The lowest BCUT2D eigenvalue weighted by molar-refractivity contribution is -0.140. The topological polar surface area (TPSA) is 104 Å². The first kappa shape index (κ1) is 26.7. The van der Waals surface area contributed by atoms with Gasteiger partial charge in [-0.2, -0.15) is 0 Å². The Morgan fingerprint density at radius 2 is 1.98 bits per heavy atom. The molecule has 4 heterocycles. The van der Waals surface area contributed by atoms with Crippen LogP contribution in [0, 0.1) is 17.6 Å². The van der Waals surface area contributed by atoms with Crippen LogP contribution in [-0.4, -0.2) is 51.2 Å². The summed E-state index contributed by atoms with van der Waals surface area (Å²) in [5.74, 6) is -2.24. The quantitative estimate of drug-likeness (QED) is 0.481. The van der Waals surface area contributed by atoms with Crippen molar-refractivity contribution in [1.29, 1.82) is 0 Å². The minimum Gasteiger partial charge on any atom is -0.340 e. The Balaban J connectivity index is 1.14. The van der Waals surface area contributed by atoms with Gasteiger partial charge in [-0.25, -0.2) is 13.8 Å². The highest BCUT2D eigenvalue weighted by Crippen LogP contribution is 2.46. The first-order valence-corrected chi connectivity index (χ1v) is 14.5. The lowest BCUT2D eigenvalue weighted by atomic mass is 9.79. The summed E-state index contributed by atoms with van der Waals surface area (Å²) in [5.41, 5.74) is 2.04. The van der Waals surface area contributed by atoms with Crippen LogP contribution in [0.15, 0.2) is 48.8 Å². The van der Waals surface area contributed by atoms with Gasteiger partial charge >= 0.3 is 0 Å². The maximum atomic E-state index is 14.9. The molecule has 0 radical (unpaired) electrons. The molecule has 3 amide bonds. The number of aromatic nitrogens is 2. The molecule has 2 fully saturated rings. The van der Waals surface area contributed by atoms with E-state index in [0.29, 0.717) is 31.1 Å². The number of nitrogens with one attached hydrogen (secondary N) is 2. The molecule has 0 unspecified atom stereocenters. The Kier molecular flexibility index (Phi) is 6.32. The molecule has 7 rings (SSSR count). The molecule has 4 aliphatic rings. The van der Waals surface area contributed by atoms with Crippen molar-refractivity contribution in [1.82, 2.24) is 20.2 Å². The molecule has 1 saturated carbocycles. The van der Waals surface area contributed by atoms with Crippen molar-refractivity contribution in [2.24, 2.45) is 5.92 Å². The Hall–Kier alpha value is -4.21. The van der Waals surface area contributed by atoms with Crippen LogP contribution in [0.5, 0.6) is 0 Å². The van der Waals surface area contributed by atoms with Crippen LogP contribution in [-0.2, 0) is 27.8 Å². The van der Waals surface area contributed by atoms with Crippen molar-refractivity contribution in [2.75, 3.05) is 11.9 Å². The van der Waals surface area contributed by atoms with Crippen molar-refractivity contribution in [3.05, 3.63) is 88.4 Å². The molecule has 1 spiro atoms. The molecule has 2 aliphatic carbocycles. The van der Waals surface area contributed by atoms with E-state index >= 15 is 0 Å². The van der Waals surface area contributed by atoms with E-state index in [9.17, 15) is 23.2 Å². The minimum atomic E-state index is -0.931. The zero-order valence-electron chi connectivity index (χ0n) is 23.2. The number of anilines is 1. The van der Waals surface area contributed by atoms with Crippen molar-refractivity contribution >= 4 is 23.5 Å². The summed E-state index contributed by atoms with van der Waals surface area (Å²) in [4.78, 5) is 50.8. The van der Waals surface area contributed by atoms with Gasteiger partial charge in [-0.1, -0.05) is 24.6 Å². The molecule has 1 aromatic carbocycles. The number of fused-ring (bicyclic) bond motifs is 3. The molecular weight excluding hydrogens is 540 g/mol. The standard InChI is InChI=1S/C32H31F2N5O3/c1-17-22(21-7-3-9-24(33)27(21)34)12-25(30(41)39(17)16-18-5-2-6-18)37-29(40)20-11-19-13-32(14-26(19)36-15-20)23-8-4-10-35-28(23)38-31(32)42/h3-4,7-11,15,17-18,22,25H,2,5-6,12-14,16H2,1H3,(H,37,40)(H,35,38,42)/t17-,22-,25+,32+/m1/s1. The van der Waals surface area contributed by atoms with E-state index in [-0.39, 0.29) is 35.4 Å². The maximum Gasteiger partial charge on any atom is 0.253 e. The summed E-state index contributed by atoms with van der Waals surface area (Å²) in [5, 5.41) is 5.75. The fraction of sp³-hybridized carbons (Fsp3) is 0.406. The predicted octanol–water partition coefficient (Wildman–Crippen LogP) is 4.05. The first-order valence-electron chi connectivity index (χ1n) is 14.5. The van der Waals surface area contributed by atoms with Gasteiger partial charge in [0.25, 0.3) is 5.91 Å². The first-order chi connectivity index (χ1) is 20.2. The van der Waals surface area contributed by atoms with Crippen LogP contribution in [0.4, 0.5) is 14.6 Å². The van der Waals surface area contributed by atoms with Gasteiger partial charge in [0.15, 0.2) is 11.6 Å². The van der Waals surface area contributed by atoms with Crippen LogP contribution < -0.4 is 10.6 Å². The summed E-state index contributed by atoms with van der Waals surface area (Å²) in [6, 6.07) is 8.29.